The SMILES string of the molecule is C=C(C)CN1C(=O)NC(CC)(C2CCN(Cc3ccc(NC(C)=O)s3)CC2)C1=O. The number of imide groups is 1. The first-order valence-corrected chi connectivity index (χ1v) is 10.9. The largest absolute Gasteiger partial charge is 0.325 e. The van der Waals surface area contributed by atoms with Crippen molar-refractivity contribution < 1.29 is 14.4 Å². The van der Waals surface area contributed by atoms with E-state index in [0.717, 1.165) is 43.1 Å². The molecule has 29 heavy (non-hydrogen) atoms. The van der Waals surface area contributed by atoms with Crippen molar-refractivity contribution in [2.45, 2.75) is 52.1 Å². The van der Waals surface area contributed by atoms with Crippen molar-refractivity contribution in [1.82, 2.24) is 15.1 Å². The van der Waals surface area contributed by atoms with Crippen molar-refractivity contribution in [3.05, 3.63) is 29.2 Å². The Morgan fingerprint density at radius 2 is 2.00 bits per heavy atom. The molecule has 0 radical (unpaired) electrons. The van der Waals surface area contributed by atoms with Gasteiger partial charge >= 0.3 is 6.03 Å². The lowest BCUT2D eigenvalue weighted by Gasteiger charge is -2.40. The summed E-state index contributed by atoms with van der Waals surface area (Å²) >= 11 is 1.59. The number of nitrogens with zero attached hydrogens (tertiary/aromatic N) is 2. The van der Waals surface area contributed by atoms with E-state index in [2.05, 4.69) is 22.1 Å². The van der Waals surface area contributed by atoms with Gasteiger partial charge in [-0.1, -0.05) is 19.1 Å². The predicted octanol–water partition coefficient (Wildman–Crippen LogP) is 3.20. The van der Waals surface area contributed by atoms with Crippen molar-refractivity contribution in [3.63, 3.8) is 0 Å². The molecule has 0 bridgehead atoms. The number of anilines is 1. The fourth-order valence-electron chi connectivity index (χ4n) is 4.37. The average Bonchev–Trinajstić information content (AvgIpc) is 3.19. The van der Waals surface area contributed by atoms with Crippen LogP contribution in [-0.2, 0) is 16.1 Å². The molecule has 1 aromatic heterocycles. The summed E-state index contributed by atoms with van der Waals surface area (Å²) in [5, 5.41) is 6.70. The first-order chi connectivity index (χ1) is 13.7. The van der Waals surface area contributed by atoms with Crippen molar-refractivity contribution in [3.8, 4) is 0 Å². The minimum atomic E-state index is -0.792. The third kappa shape index (κ3) is 4.53. The number of carbonyl (C=O) groups excluding carboxylic acids is 3. The number of rotatable bonds is 7. The van der Waals surface area contributed by atoms with E-state index in [4.69, 9.17) is 0 Å². The van der Waals surface area contributed by atoms with Crippen LogP contribution in [0.4, 0.5) is 9.80 Å². The normalized spacial score (nSPS) is 23.3. The maximum Gasteiger partial charge on any atom is 0.325 e. The second-order valence-corrected chi connectivity index (χ2v) is 9.27. The van der Waals surface area contributed by atoms with E-state index < -0.39 is 5.54 Å². The lowest BCUT2D eigenvalue weighted by atomic mass is 9.75. The molecule has 0 spiro atoms. The van der Waals surface area contributed by atoms with E-state index in [-0.39, 0.29) is 30.3 Å². The van der Waals surface area contributed by atoms with Gasteiger partial charge in [-0.05, 0) is 57.3 Å². The molecule has 4 amide bonds. The monoisotopic (exact) mass is 418 g/mol. The highest BCUT2D eigenvalue weighted by molar-refractivity contribution is 7.16. The fraction of sp³-hybridized carbons (Fsp3) is 0.571. The Bertz CT molecular complexity index is 813. The zero-order chi connectivity index (χ0) is 21.2. The Balaban J connectivity index is 1.61. The van der Waals surface area contributed by atoms with Crippen molar-refractivity contribution in [1.29, 1.82) is 0 Å². The predicted molar refractivity (Wildman–Crippen MR) is 115 cm³/mol. The number of likely N-dealkylation sites (tertiary alicyclic amines) is 1. The molecule has 2 fully saturated rings. The molecule has 7 nitrogen and oxygen atoms in total. The van der Waals surface area contributed by atoms with Gasteiger partial charge in [0.1, 0.15) is 5.54 Å². The van der Waals surface area contributed by atoms with Crippen molar-refractivity contribution in [2.24, 2.45) is 5.92 Å². The summed E-state index contributed by atoms with van der Waals surface area (Å²) in [6.45, 7) is 12.0. The average molecular weight is 419 g/mol. The number of thiophene rings is 1. The molecule has 1 atom stereocenters. The molecular formula is C21H30N4O3S. The zero-order valence-corrected chi connectivity index (χ0v) is 18.2. The lowest BCUT2D eigenvalue weighted by molar-refractivity contribution is -0.134. The van der Waals surface area contributed by atoms with E-state index in [9.17, 15) is 14.4 Å². The van der Waals surface area contributed by atoms with Gasteiger partial charge in [-0.15, -0.1) is 11.3 Å². The van der Waals surface area contributed by atoms with Gasteiger partial charge in [-0.25, -0.2) is 4.79 Å². The van der Waals surface area contributed by atoms with Crippen molar-refractivity contribution >= 4 is 34.2 Å². The molecule has 2 saturated heterocycles. The molecular weight excluding hydrogens is 388 g/mol. The molecule has 1 unspecified atom stereocenters. The first kappa shape index (κ1) is 21.5. The molecule has 2 aliphatic heterocycles. The summed E-state index contributed by atoms with van der Waals surface area (Å²) in [6, 6.07) is 3.68. The maximum atomic E-state index is 13.1. The number of amides is 4. The van der Waals surface area contributed by atoms with E-state index in [0.29, 0.717) is 6.42 Å². The highest BCUT2D eigenvalue weighted by Gasteiger charge is 2.54. The van der Waals surface area contributed by atoms with Gasteiger partial charge in [-0.3, -0.25) is 19.4 Å². The number of hydrogen-bond acceptors (Lipinski definition) is 5. The zero-order valence-electron chi connectivity index (χ0n) is 17.4. The fourth-order valence-corrected chi connectivity index (χ4v) is 5.37. The first-order valence-electron chi connectivity index (χ1n) is 10.1. The summed E-state index contributed by atoms with van der Waals surface area (Å²) < 4.78 is 0. The second kappa shape index (κ2) is 8.67. The minimum absolute atomic E-state index is 0.0620. The van der Waals surface area contributed by atoms with E-state index in [1.165, 1.54) is 16.7 Å². The van der Waals surface area contributed by atoms with Gasteiger partial charge in [-0.2, -0.15) is 0 Å². The van der Waals surface area contributed by atoms with Crippen LogP contribution in [0.15, 0.2) is 24.3 Å². The van der Waals surface area contributed by atoms with Crippen LogP contribution in [0, 0.1) is 5.92 Å². The summed E-state index contributed by atoms with van der Waals surface area (Å²) in [4.78, 5) is 41.6. The Kier molecular flexibility index (Phi) is 6.43. The quantitative estimate of drug-likeness (QED) is 0.526. The molecule has 3 heterocycles. The summed E-state index contributed by atoms with van der Waals surface area (Å²) in [7, 11) is 0. The van der Waals surface area contributed by atoms with Crippen LogP contribution in [0.1, 0.15) is 44.9 Å². The van der Waals surface area contributed by atoms with E-state index in [1.807, 2.05) is 26.0 Å². The van der Waals surface area contributed by atoms with Crippen LogP contribution >= 0.6 is 11.3 Å². The topological polar surface area (TPSA) is 81.8 Å². The number of urea groups is 1. The Morgan fingerprint density at radius 3 is 2.59 bits per heavy atom. The van der Waals surface area contributed by atoms with Crippen LogP contribution in [-0.4, -0.2) is 52.8 Å². The number of hydrogen-bond donors (Lipinski definition) is 2. The molecule has 0 aromatic carbocycles. The van der Waals surface area contributed by atoms with Crippen molar-refractivity contribution in [2.75, 3.05) is 25.0 Å². The molecule has 2 N–H and O–H groups in total. The highest BCUT2D eigenvalue weighted by Crippen LogP contribution is 2.37. The Morgan fingerprint density at radius 1 is 1.31 bits per heavy atom. The Hall–Kier alpha value is -2.19. The van der Waals surface area contributed by atoms with Crippen LogP contribution in [0.3, 0.4) is 0 Å². The molecule has 1 aromatic rings. The molecule has 0 saturated carbocycles. The van der Waals surface area contributed by atoms with Crippen LogP contribution < -0.4 is 10.6 Å². The Labute approximate surface area is 176 Å². The minimum Gasteiger partial charge on any atom is -0.323 e. The molecule has 3 rings (SSSR count). The summed E-state index contributed by atoms with van der Waals surface area (Å²) in [5.41, 5.74) is 0.00458. The van der Waals surface area contributed by atoms with Gasteiger partial charge < -0.3 is 10.6 Å². The molecule has 8 heteroatoms. The third-order valence-corrected chi connectivity index (χ3v) is 6.80. The number of nitrogens with one attached hydrogen (secondary N) is 2. The van der Waals surface area contributed by atoms with Gasteiger partial charge in [0.2, 0.25) is 5.91 Å². The standard InChI is InChI=1S/C21H30N4O3S/c1-5-21(19(27)25(12-14(2)3)20(28)23-21)16-8-10-24(11-9-16)13-17-6-7-18(29-17)22-15(4)26/h6-7,16H,2,5,8-13H2,1,3-4H3,(H,22,26)(H,23,28). The molecule has 158 valence electrons. The highest BCUT2D eigenvalue weighted by atomic mass is 32.1. The van der Waals surface area contributed by atoms with Gasteiger partial charge in [0.05, 0.1) is 11.5 Å². The molecule has 0 aliphatic carbocycles. The second-order valence-electron chi connectivity index (χ2n) is 8.10. The van der Waals surface area contributed by atoms with Crippen LogP contribution in [0.25, 0.3) is 0 Å². The van der Waals surface area contributed by atoms with Gasteiger partial charge in [0.15, 0.2) is 0 Å². The van der Waals surface area contributed by atoms with E-state index >= 15 is 0 Å². The third-order valence-electron chi connectivity index (χ3n) is 5.81. The van der Waals surface area contributed by atoms with Crippen LogP contribution in [0.2, 0.25) is 0 Å². The summed E-state index contributed by atoms with van der Waals surface area (Å²) in [5.74, 6) is -0.0358. The van der Waals surface area contributed by atoms with Crippen LogP contribution in [0.5, 0.6) is 0 Å². The van der Waals surface area contributed by atoms with E-state index in [1.54, 1.807) is 11.3 Å². The smallest absolute Gasteiger partial charge is 0.323 e. The summed E-state index contributed by atoms with van der Waals surface area (Å²) in [6.07, 6.45) is 2.33. The maximum absolute atomic E-state index is 13.1. The number of piperidine rings is 1. The lowest BCUT2D eigenvalue weighted by Crippen LogP contribution is -2.55. The number of carbonyl (C=O) groups is 3. The van der Waals surface area contributed by atoms with Gasteiger partial charge in [0.25, 0.3) is 5.91 Å². The molecule has 2 aliphatic rings. The van der Waals surface area contributed by atoms with Gasteiger partial charge in [0, 0.05) is 18.3 Å².